The second-order valence-corrected chi connectivity index (χ2v) is 7.18. The van der Waals surface area contributed by atoms with Crippen molar-refractivity contribution in [2.45, 2.75) is 37.5 Å². The maximum absolute atomic E-state index is 11.9. The molecule has 0 bridgehead atoms. The molecule has 1 aromatic rings. The van der Waals surface area contributed by atoms with Crippen LogP contribution >= 0.6 is 0 Å². The first kappa shape index (κ1) is 14.1. The second-order valence-electron chi connectivity index (χ2n) is 4.90. The van der Waals surface area contributed by atoms with Gasteiger partial charge in [0.1, 0.15) is 0 Å². The number of carbonyl (C=O) groups excluding carboxylic acids is 1. The summed E-state index contributed by atoms with van der Waals surface area (Å²) < 4.78 is 23.3. The Hall–Kier alpha value is -1.36. The van der Waals surface area contributed by atoms with Crippen molar-refractivity contribution < 1.29 is 13.2 Å². The molecule has 0 aromatic heterocycles. The Morgan fingerprint density at radius 3 is 2.32 bits per heavy atom. The van der Waals surface area contributed by atoms with Crippen molar-refractivity contribution in [1.82, 2.24) is 0 Å². The van der Waals surface area contributed by atoms with Crippen LogP contribution in [0.4, 0.5) is 5.69 Å². The topological polar surface area (TPSA) is 63.2 Å². The maximum atomic E-state index is 11.9. The van der Waals surface area contributed by atoms with Gasteiger partial charge in [-0.2, -0.15) is 0 Å². The predicted octanol–water partition coefficient (Wildman–Crippen LogP) is 2.61. The first-order chi connectivity index (χ1) is 9.03. The second kappa shape index (κ2) is 5.74. The molecule has 1 aliphatic rings. The number of amides is 1. The van der Waals surface area contributed by atoms with Gasteiger partial charge in [-0.25, -0.2) is 8.42 Å². The monoisotopic (exact) mass is 281 g/mol. The van der Waals surface area contributed by atoms with E-state index in [9.17, 15) is 13.2 Å². The summed E-state index contributed by atoms with van der Waals surface area (Å²) in [4.78, 5) is 12.2. The quantitative estimate of drug-likeness (QED) is 0.922. The van der Waals surface area contributed by atoms with Crippen LogP contribution in [0.3, 0.4) is 0 Å². The number of rotatable bonds is 4. The molecule has 4 nitrogen and oxygen atoms in total. The van der Waals surface area contributed by atoms with E-state index in [0.29, 0.717) is 10.6 Å². The van der Waals surface area contributed by atoms with Gasteiger partial charge in [0, 0.05) is 11.6 Å². The largest absolute Gasteiger partial charge is 0.326 e. The van der Waals surface area contributed by atoms with Gasteiger partial charge in [-0.15, -0.1) is 0 Å². The molecular weight excluding hydrogens is 262 g/mol. The summed E-state index contributed by atoms with van der Waals surface area (Å²) in [7, 11) is -3.17. The van der Waals surface area contributed by atoms with E-state index < -0.39 is 9.84 Å². The van der Waals surface area contributed by atoms with E-state index in [4.69, 9.17) is 0 Å². The van der Waals surface area contributed by atoms with Crippen LogP contribution in [0.15, 0.2) is 29.2 Å². The Morgan fingerprint density at radius 1 is 1.21 bits per heavy atom. The number of hydrogen-bond donors (Lipinski definition) is 1. The molecular formula is C14H19NO3S. The molecule has 0 atom stereocenters. The molecule has 0 radical (unpaired) electrons. The van der Waals surface area contributed by atoms with Gasteiger partial charge in [-0.05, 0) is 37.1 Å². The predicted molar refractivity (Wildman–Crippen MR) is 74.8 cm³/mol. The van der Waals surface area contributed by atoms with E-state index in [1.807, 2.05) is 0 Å². The summed E-state index contributed by atoms with van der Waals surface area (Å²) in [5.74, 6) is 0.239. The molecule has 2 rings (SSSR count). The van der Waals surface area contributed by atoms with Crippen molar-refractivity contribution in [1.29, 1.82) is 0 Å². The minimum absolute atomic E-state index is 0.0450. The van der Waals surface area contributed by atoms with Crippen molar-refractivity contribution in [3.05, 3.63) is 24.3 Å². The summed E-state index contributed by atoms with van der Waals surface area (Å²) in [6.45, 7) is 1.62. The van der Waals surface area contributed by atoms with Gasteiger partial charge in [0.15, 0.2) is 9.84 Å². The average molecular weight is 281 g/mol. The highest BCUT2D eigenvalue weighted by Crippen LogP contribution is 2.26. The van der Waals surface area contributed by atoms with E-state index in [1.54, 1.807) is 31.2 Å². The molecule has 1 N–H and O–H groups in total. The first-order valence-electron chi connectivity index (χ1n) is 6.66. The number of anilines is 1. The fourth-order valence-corrected chi connectivity index (χ4v) is 3.23. The van der Waals surface area contributed by atoms with E-state index in [1.165, 1.54) is 0 Å². The Kier molecular flexibility index (Phi) is 4.24. The summed E-state index contributed by atoms with van der Waals surface area (Å²) in [6, 6.07) is 6.39. The van der Waals surface area contributed by atoms with Crippen LogP contribution in [0.1, 0.15) is 32.6 Å². The molecule has 1 amide bonds. The third-order valence-corrected chi connectivity index (χ3v) is 5.34. The minimum atomic E-state index is -3.17. The zero-order valence-corrected chi connectivity index (χ0v) is 11.9. The first-order valence-corrected chi connectivity index (χ1v) is 8.32. The smallest absolute Gasteiger partial charge is 0.227 e. The Balaban J connectivity index is 2.04. The van der Waals surface area contributed by atoms with Crippen LogP contribution in [0.2, 0.25) is 0 Å². The van der Waals surface area contributed by atoms with Crippen LogP contribution in [-0.2, 0) is 14.6 Å². The van der Waals surface area contributed by atoms with Crippen LogP contribution in [0.25, 0.3) is 0 Å². The summed E-state index contributed by atoms with van der Waals surface area (Å²) in [6.07, 6.45) is 4.14. The van der Waals surface area contributed by atoms with Gasteiger partial charge in [-0.1, -0.05) is 19.8 Å². The highest BCUT2D eigenvalue weighted by Gasteiger charge is 2.22. The zero-order chi connectivity index (χ0) is 13.9. The average Bonchev–Trinajstić information content (AvgIpc) is 2.93. The van der Waals surface area contributed by atoms with Crippen LogP contribution < -0.4 is 5.32 Å². The fraction of sp³-hybridized carbons (Fsp3) is 0.500. The number of carbonyl (C=O) groups is 1. The molecule has 0 unspecified atom stereocenters. The van der Waals surface area contributed by atoms with Crippen molar-refractivity contribution in [2.75, 3.05) is 11.1 Å². The number of benzene rings is 1. The highest BCUT2D eigenvalue weighted by molar-refractivity contribution is 7.91. The highest BCUT2D eigenvalue weighted by atomic mass is 32.2. The van der Waals surface area contributed by atoms with E-state index in [2.05, 4.69) is 5.32 Å². The van der Waals surface area contributed by atoms with Crippen LogP contribution in [0, 0.1) is 5.92 Å². The molecule has 1 aliphatic carbocycles. The van der Waals surface area contributed by atoms with Gasteiger partial charge in [0.25, 0.3) is 0 Å². The fourth-order valence-electron chi connectivity index (χ4n) is 2.34. The number of sulfone groups is 1. The lowest BCUT2D eigenvalue weighted by molar-refractivity contribution is -0.119. The molecule has 0 aliphatic heterocycles. The van der Waals surface area contributed by atoms with Crippen LogP contribution in [-0.4, -0.2) is 20.1 Å². The molecule has 1 saturated carbocycles. The molecule has 104 valence electrons. The Morgan fingerprint density at radius 2 is 1.79 bits per heavy atom. The van der Waals surface area contributed by atoms with E-state index in [0.717, 1.165) is 25.7 Å². The number of hydrogen-bond acceptors (Lipinski definition) is 3. The number of nitrogens with one attached hydrogen (secondary N) is 1. The normalized spacial score (nSPS) is 16.5. The summed E-state index contributed by atoms with van der Waals surface area (Å²) in [5.41, 5.74) is 0.659. The van der Waals surface area contributed by atoms with Crippen molar-refractivity contribution >= 4 is 21.4 Å². The molecule has 0 spiro atoms. The third-order valence-electron chi connectivity index (χ3n) is 3.59. The lowest BCUT2D eigenvalue weighted by atomic mass is 10.1. The molecule has 1 aromatic carbocycles. The van der Waals surface area contributed by atoms with Crippen molar-refractivity contribution in [3.63, 3.8) is 0 Å². The minimum Gasteiger partial charge on any atom is -0.326 e. The lowest BCUT2D eigenvalue weighted by Gasteiger charge is -2.10. The van der Waals surface area contributed by atoms with Crippen molar-refractivity contribution in [2.24, 2.45) is 5.92 Å². The van der Waals surface area contributed by atoms with Crippen molar-refractivity contribution in [3.8, 4) is 0 Å². The summed E-state index contributed by atoms with van der Waals surface area (Å²) in [5, 5.41) is 2.85. The molecule has 5 heteroatoms. The Labute approximate surface area is 114 Å². The van der Waals surface area contributed by atoms with E-state index >= 15 is 0 Å². The Bertz CT molecular complexity index is 543. The van der Waals surface area contributed by atoms with Gasteiger partial charge >= 0.3 is 0 Å². The maximum Gasteiger partial charge on any atom is 0.227 e. The van der Waals surface area contributed by atoms with Gasteiger partial charge in [-0.3, -0.25) is 4.79 Å². The molecule has 19 heavy (non-hydrogen) atoms. The zero-order valence-electron chi connectivity index (χ0n) is 11.1. The molecule has 1 fully saturated rings. The molecule has 0 heterocycles. The van der Waals surface area contributed by atoms with Crippen LogP contribution in [0.5, 0.6) is 0 Å². The standard InChI is InChI=1S/C14H19NO3S/c1-2-19(17,18)13-9-7-12(8-10-13)15-14(16)11-5-3-4-6-11/h7-11H,2-6H2,1H3,(H,15,16). The summed E-state index contributed by atoms with van der Waals surface area (Å²) >= 11 is 0. The van der Waals surface area contributed by atoms with E-state index in [-0.39, 0.29) is 17.6 Å². The van der Waals surface area contributed by atoms with Gasteiger partial charge in [0.2, 0.25) is 5.91 Å². The third kappa shape index (κ3) is 3.35. The SMILES string of the molecule is CCS(=O)(=O)c1ccc(NC(=O)C2CCCC2)cc1. The molecule has 0 saturated heterocycles. The lowest BCUT2D eigenvalue weighted by Crippen LogP contribution is -2.20. The van der Waals surface area contributed by atoms with Gasteiger partial charge in [0.05, 0.1) is 10.6 Å². The van der Waals surface area contributed by atoms with Gasteiger partial charge < -0.3 is 5.32 Å².